The van der Waals surface area contributed by atoms with Crippen molar-refractivity contribution < 1.29 is 0 Å². The molecule has 2 aromatic heterocycles. The molecule has 3 nitrogen and oxygen atoms in total. The largest absolute Gasteiger partial charge is 0.309 e. The summed E-state index contributed by atoms with van der Waals surface area (Å²) in [6.45, 7) is 0. The summed E-state index contributed by atoms with van der Waals surface area (Å²) < 4.78 is 4.78. The van der Waals surface area contributed by atoms with E-state index < -0.39 is 0 Å². The lowest BCUT2D eigenvalue weighted by atomic mass is 9.89. The highest BCUT2D eigenvalue weighted by atomic mass is 15.0. The Labute approximate surface area is 266 Å². The molecule has 0 aliphatic rings. The molecular weight excluding hydrogens is 558 g/mol. The van der Waals surface area contributed by atoms with Gasteiger partial charge in [-0.3, -0.25) is 0 Å². The molecule has 3 heteroatoms. The van der Waals surface area contributed by atoms with Crippen LogP contribution in [0.4, 0.5) is 0 Å². The maximum atomic E-state index is 10.3. The predicted octanol–water partition coefficient (Wildman–Crippen LogP) is 11.1. The molecule has 214 valence electrons. The summed E-state index contributed by atoms with van der Waals surface area (Å²) in [6.07, 6.45) is 0. The van der Waals surface area contributed by atoms with Crippen LogP contribution in [0, 0.1) is 11.3 Å². The summed E-state index contributed by atoms with van der Waals surface area (Å²) in [5.74, 6) is 0. The van der Waals surface area contributed by atoms with E-state index in [0.717, 1.165) is 55.7 Å². The number of para-hydroxylation sites is 5. The smallest absolute Gasteiger partial charge is 0.0998 e. The van der Waals surface area contributed by atoms with Gasteiger partial charge in [0.1, 0.15) is 0 Å². The van der Waals surface area contributed by atoms with Crippen molar-refractivity contribution in [2.75, 3.05) is 0 Å². The third-order valence-electron chi connectivity index (χ3n) is 9.20. The van der Waals surface area contributed by atoms with Gasteiger partial charge in [-0.1, -0.05) is 121 Å². The molecule has 0 bridgehead atoms. The highest BCUT2D eigenvalue weighted by Crippen LogP contribution is 2.45. The van der Waals surface area contributed by atoms with Crippen LogP contribution in [0.2, 0.25) is 0 Å². The summed E-state index contributed by atoms with van der Waals surface area (Å²) in [7, 11) is 0. The van der Waals surface area contributed by atoms with Crippen molar-refractivity contribution in [3.05, 3.63) is 169 Å². The molecule has 0 saturated carbocycles. The average Bonchev–Trinajstić information content (AvgIpc) is 3.64. The Morgan fingerprint density at radius 1 is 0.348 bits per heavy atom. The van der Waals surface area contributed by atoms with Crippen molar-refractivity contribution in [3.8, 4) is 39.7 Å². The van der Waals surface area contributed by atoms with Gasteiger partial charge in [0.2, 0.25) is 0 Å². The zero-order chi connectivity index (χ0) is 30.6. The maximum Gasteiger partial charge on any atom is 0.0998 e. The Balaban J connectivity index is 1.46. The van der Waals surface area contributed by atoms with Gasteiger partial charge < -0.3 is 9.13 Å². The SMILES string of the molecule is N#Cc1ccccc1-c1cccc(-n2c3ccccc3c3ccccc32)c1-c1ccccc1-n1c2ccccc2c2ccccc21. The Morgan fingerprint density at radius 2 is 0.739 bits per heavy atom. The fourth-order valence-electron chi connectivity index (χ4n) is 7.29. The monoisotopic (exact) mass is 585 g/mol. The summed E-state index contributed by atoms with van der Waals surface area (Å²) in [5.41, 5.74) is 11.5. The molecule has 46 heavy (non-hydrogen) atoms. The van der Waals surface area contributed by atoms with E-state index in [1.54, 1.807) is 0 Å². The van der Waals surface area contributed by atoms with Crippen LogP contribution >= 0.6 is 0 Å². The number of rotatable bonds is 4. The molecule has 2 heterocycles. The van der Waals surface area contributed by atoms with Crippen LogP contribution in [-0.4, -0.2) is 9.13 Å². The average molecular weight is 586 g/mol. The van der Waals surface area contributed by atoms with E-state index in [1.807, 2.05) is 18.2 Å². The molecule has 0 aliphatic carbocycles. The van der Waals surface area contributed by atoms with Crippen molar-refractivity contribution in [3.63, 3.8) is 0 Å². The highest BCUT2D eigenvalue weighted by Gasteiger charge is 2.23. The van der Waals surface area contributed by atoms with E-state index in [9.17, 15) is 5.26 Å². The number of aromatic nitrogens is 2. The molecule has 0 aliphatic heterocycles. The van der Waals surface area contributed by atoms with Gasteiger partial charge in [-0.2, -0.15) is 5.26 Å². The molecule has 0 amide bonds. The van der Waals surface area contributed by atoms with Crippen molar-refractivity contribution in [1.29, 1.82) is 5.26 Å². The highest BCUT2D eigenvalue weighted by molar-refractivity contribution is 6.12. The van der Waals surface area contributed by atoms with Crippen LogP contribution in [0.1, 0.15) is 5.56 Å². The first kappa shape index (κ1) is 26.1. The zero-order valence-corrected chi connectivity index (χ0v) is 24.9. The first-order valence-corrected chi connectivity index (χ1v) is 15.5. The molecule has 0 unspecified atom stereocenters. The van der Waals surface area contributed by atoms with Gasteiger partial charge in [0.15, 0.2) is 0 Å². The van der Waals surface area contributed by atoms with E-state index in [2.05, 4.69) is 161 Å². The van der Waals surface area contributed by atoms with E-state index in [4.69, 9.17) is 0 Å². The van der Waals surface area contributed by atoms with Crippen molar-refractivity contribution in [1.82, 2.24) is 9.13 Å². The second kappa shape index (κ2) is 10.4. The lowest BCUT2D eigenvalue weighted by Gasteiger charge is -2.22. The molecule has 7 aromatic carbocycles. The first-order valence-electron chi connectivity index (χ1n) is 15.5. The molecule has 0 N–H and O–H groups in total. The van der Waals surface area contributed by atoms with Gasteiger partial charge in [0.25, 0.3) is 0 Å². The number of hydrogen-bond acceptors (Lipinski definition) is 1. The Hall–Kier alpha value is -6.37. The first-order chi connectivity index (χ1) is 22.8. The fourth-order valence-corrected chi connectivity index (χ4v) is 7.29. The fraction of sp³-hybridized carbons (Fsp3) is 0. The number of hydrogen-bond donors (Lipinski definition) is 0. The minimum Gasteiger partial charge on any atom is -0.309 e. The number of benzene rings is 7. The number of fused-ring (bicyclic) bond motifs is 6. The molecular formula is C43H27N3. The third kappa shape index (κ3) is 3.78. The minimum absolute atomic E-state index is 0.650. The lowest BCUT2D eigenvalue weighted by Crippen LogP contribution is -2.03. The number of nitrogens with zero attached hydrogens (tertiary/aromatic N) is 3. The van der Waals surface area contributed by atoms with Crippen LogP contribution in [0.15, 0.2) is 164 Å². The standard InChI is InChI=1S/C43H27N3/c44-28-29-14-1-2-15-30(29)35-21-13-27-42(46-39-24-10-5-18-33(39)34-19-6-11-25-40(34)46)43(35)36-20-7-12-26-41(36)45-37-22-8-3-16-31(37)32-17-4-9-23-38(32)45/h1-27H. The molecule has 9 rings (SSSR count). The van der Waals surface area contributed by atoms with Crippen LogP contribution in [0.3, 0.4) is 0 Å². The van der Waals surface area contributed by atoms with Crippen LogP contribution in [0.5, 0.6) is 0 Å². The Kier molecular flexibility index (Phi) is 5.88. The van der Waals surface area contributed by atoms with Crippen LogP contribution in [0.25, 0.3) is 77.2 Å². The van der Waals surface area contributed by atoms with Crippen molar-refractivity contribution in [2.24, 2.45) is 0 Å². The van der Waals surface area contributed by atoms with Crippen LogP contribution < -0.4 is 0 Å². The maximum absolute atomic E-state index is 10.3. The van der Waals surface area contributed by atoms with E-state index in [-0.39, 0.29) is 0 Å². The van der Waals surface area contributed by atoms with E-state index >= 15 is 0 Å². The van der Waals surface area contributed by atoms with Gasteiger partial charge >= 0.3 is 0 Å². The molecule has 0 saturated heterocycles. The molecule has 0 spiro atoms. The predicted molar refractivity (Wildman–Crippen MR) is 191 cm³/mol. The van der Waals surface area contributed by atoms with E-state index in [1.165, 1.54) is 21.5 Å². The Bertz CT molecular complexity index is 2560. The van der Waals surface area contributed by atoms with Gasteiger partial charge in [0.05, 0.1) is 45.1 Å². The third-order valence-corrected chi connectivity index (χ3v) is 9.20. The van der Waals surface area contributed by atoms with E-state index in [0.29, 0.717) is 5.56 Å². The lowest BCUT2D eigenvalue weighted by molar-refractivity contribution is 1.16. The number of nitriles is 1. The molecule has 0 atom stereocenters. The zero-order valence-electron chi connectivity index (χ0n) is 24.9. The van der Waals surface area contributed by atoms with Gasteiger partial charge in [-0.05, 0) is 48.0 Å². The van der Waals surface area contributed by atoms with Crippen molar-refractivity contribution in [2.45, 2.75) is 0 Å². The van der Waals surface area contributed by atoms with Gasteiger partial charge in [-0.25, -0.2) is 0 Å². The van der Waals surface area contributed by atoms with Gasteiger partial charge in [0, 0.05) is 38.2 Å². The van der Waals surface area contributed by atoms with Crippen molar-refractivity contribution >= 4 is 43.6 Å². The Morgan fingerprint density at radius 3 is 1.28 bits per heavy atom. The summed E-state index contributed by atoms with van der Waals surface area (Å²) >= 11 is 0. The molecule has 0 fully saturated rings. The summed E-state index contributed by atoms with van der Waals surface area (Å²) in [6, 6.07) is 60.1. The molecule has 9 aromatic rings. The van der Waals surface area contributed by atoms with Crippen LogP contribution in [-0.2, 0) is 0 Å². The van der Waals surface area contributed by atoms with Gasteiger partial charge in [-0.15, -0.1) is 0 Å². The minimum atomic E-state index is 0.650. The second-order valence-electron chi connectivity index (χ2n) is 11.6. The summed E-state index contributed by atoms with van der Waals surface area (Å²) in [5, 5.41) is 15.1. The molecule has 0 radical (unpaired) electrons. The topological polar surface area (TPSA) is 33.6 Å². The quantitative estimate of drug-likeness (QED) is 0.202. The summed E-state index contributed by atoms with van der Waals surface area (Å²) in [4.78, 5) is 0. The second-order valence-corrected chi connectivity index (χ2v) is 11.6. The normalized spacial score (nSPS) is 11.5.